The lowest BCUT2D eigenvalue weighted by molar-refractivity contribution is -0.115. The molecule has 0 fully saturated rings. The summed E-state index contributed by atoms with van der Waals surface area (Å²) < 4.78 is 13.8. The number of aromatic amines is 1. The molecule has 0 aliphatic rings. The fraction of sp³-hybridized carbons (Fsp3) is 0.211. The minimum absolute atomic E-state index is 0.135. The van der Waals surface area contributed by atoms with E-state index in [1.54, 1.807) is 25.1 Å². The van der Waals surface area contributed by atoms with E-state index in [2.05, 4.69) is 20.5 Å². The smallest absolute Gasteiger partial charge is 0.237 e. The Bertz CT molecular complexity index is 921. The summed E-state index contributed by atoms with van der Waals surface area (Å²) in [5.41, 5.74) is 3.19. The van der Waals surface area contributed by atoms with E-state index in [1.807, 2.05) is 32.0 Å². The lowest BCUT2D eigenvalue weighted by atomic mass is 10.1. The van der Waals surface area contributed by atoms with Gasteiger partial charge < -0.3 is 5.32 Å². The predicted octanol–water partition coefficient (Wildman–Crippen LogP) is 4.35. The van der Waals surface area contributed by atoms with Crippen molar-refractivity contribution in [2.45, 2.75) is 31.2 Å². The summed E-state index contributed by atoms with van der Waals surface area (Å²) in [6.07, 6.45) is 0. The number of aryl methyl sites for hydroxylation is 2. The van der Waals surface area contributed by atoms with Gasteiger partial charge in [-0.1, -0.05) is 42.1 Å². The number of carbonyl (C=O) groups excluding carboxylic acids is 1. The largest absolute Gasteiger partial charge is 0.325 e. The molecule has 1 aromatic heterocycles. The molecular formula is C19H19FN4OS. The van der Waals surface area contributed by atoms with Gasteiger partial charge in [0.2, 0.25) is 11.1 Å². The van der Waals surface area contributed by atoms with E-state index in [4.69, 9.17) is 0 Å². The van der Waals surface area contributed by atoms with Crippen molar-refractivity contribution in [3.05, 3.63) is 59.4 Å². The average Bonchev–Trinajstić information content (AvgIpc) is 3.06. The SMILES string of the molecule is Cc1cccc(C)c1NC(=O)[C@@H](C)Sc1n[nH]c(-c2ccccc2F)n1. The summed E-state index contributed by atoms with van der Waals surface area (Å²) in [5.74, 6) is -0.168. The maximum Gasteiger partial charge on any atom is 0.237 e. The number of para-hydroxylation sites is 1. The number of hydrogen-bond donors (Lipinski definition) is 2. The monoisotopic (exact) mass is 370 g/mol. The Morgan fingerprint density at radius 1 is 1.15 bits per heavy atom. The lowest BCUT2D eigenvalue weighted by Gasteiger charge is -2.14. The van der Waals surface area contributed by atoms with Crippen molar-refractivity contribution in [1.82, 2.24) is 15.2 Å². The number of thioether (sulfide) groups is 1. The Balaban J connectivity index is 1.69. The highest BCUT2D eigenvalue weighted by molar-refractivity contribution is 8.00. The van der Waals surface area contributed by atoms with Gasteiger partial charge in [0.05, 0.1) is 10.8 Å². The Labute approximate surface area is 155 Å². The quantitative estimate of drug-likeness (QED) is 0.655. The Morgan fingerprint density at radius 2 is 1.85 bits per heavy atom. The third-order valence-corrected chi connectivity index (χ3v) is 4.94. The van der Waals surface area contributed by atoms with Gasteiger partial charge in [-0.15, -0.1) is 5.10 Å². The van der Waals surface area contributed by atoms with Crippen LogP contribution < -0.4 is 5.32 Å². The van der Waals surface area contributed by atoms with Crippen LogP contribution in [0.4, 0.5) is 10.1 Å². The second kappa shape index (κ2) is 7.70. The van der Waals surface area contributed by atoms with Crippen molar-refractivity contribution < 1.29 is 9.18 Å². The number of hydrogen-bond acceptors (Lipinski definition) is 4. The number of amides is 1. The molecule has 0 saturated carbocycles. The van der Waals surface area contributed by atoms with Gasteiger partial charge in [-0.25, -0.2) is 9.37 Å². The third-order valence-electron chi connectivity index (χ3n) is 3.97. The zero-order valence-corrected chi connectivity index (χ0v) is 15.5. The molecule has 134 valence electrons. The van der Waals surface area contributed by atoms with Crippen LogP contribution in [-0.4, -0.2) is 26.3 Å². The molecule has 5 nitrogen and oxygen atoms in total. The van der Waals surface area contributed by atoms with Gasteiger partial charge in [0, 0.05) is 5.69 Å². The van der Waals surface area contributed by atoms with Crippen molar-refractivity contribution >= 4 is 23.4 Å². The van der Waals surface area contributed by atoms with E-state index in [1.165, 1.54) is 17.8 Å². The number of nitrogens with zero attached hydrogens (tertiary/aromatic N) is 2. The van der Waals surface area contributed by atoms with Crippen molar-refractivity contribution in [2.24, 2.45) is 0 Å². The van der Waals surface area contributed by atoms with E-state index in [9.17, 15) is 9.18 Å². The number of halogens is 1. The van der Waals surface area contributed by atoms with Crippen LogP contribution in [0.5, 0.6) is 0 Å². The number of H-pyrrole nitrogens is 1. The molecule has 1 amide bonds. The van der Waals surface area contributed by atoms with Gasteiger partial charge in [0.15, 0.2) is 5.82 Å². The first-order chi connectivity index (χ1) is 12.5. The molecule has 0 aliphatic carbocycles. The summed E-state index contributed by atoms with van der Waals surface area (Å²) in [4.78, 5) is 16.8. The van der Waals surface area contributed by atoms with Crippen LogP contribution >= 0.6 is 11.8 Å². The standard InChI is InChI=1S/C19H19FN4OS/c1-11-7-6-8-12(2)16(11)21-18(25)13(3)26-19-22-17(23-24-19)14-9-4-5-10-15(14)20/h4-10,13H,1-3H3,(H,21,25)(H,22,23,24)/t13-/m1/s1. The molecule has 0 saturated heterocycles. The third kappa shape index (κ3) is 3.94. The predicted molar refractivity (Wildman–Crippen MR) is 102 cm³/mol. The van der Waals surface area contributed by atoms with Crippen LogP contribution in [0.2, 0.25) is 0 Å². The zero-order valence-electron chi connectivity index (χ0n) is 14.7. The van der Waals surface area contributed by atoms with Crippen molar-refractivity contribution in [3.8, 4) is 11.4 Å². The molecule has 0 radical (unpaired) electrons. The van der Waals surface area contributed by atoms with Crippen LogP contribution in [-0.2, 0) is 4.79 Å². The van der Waals surface area contributed by atoms with Gasteiger partial charge >= 0.3 is 0 Å². The van der Waals surface area contributed by atoms with Crippen LogP contribution in [0, 0.1) is 19.7 Å². The summed E-state index contributed by atoms with van der Waals surface area (Å²) in [7, 11) is 0. The minimum atomic E-state index is -0.404. The fourth-order valence-corrected chi connectivity index (χ4v) is 3.25. The Hall–Kier alpha value is -2.67. The molecule has 3 rings (SSSR count). The molecule has 2 aromatic carbocycles. The van der Waals surface area contributed by atoms with Crippen LogP contribution in [0.1, 0.15) is 18.1 Å². The summed E-state index contributed by atoms with van der Waals surface area (Å²) in [5, 5.41) is 9.75. The van der Waals surface area contributed by atoms with E-state index in [0.29, 0.717) is 16.5 Å². The zero-order chi connectivity index (χ0) is 18.7. The lowest BCUT2D eigenvalue weighted by Crippen LogP contribution is -2.23. The van der Waals surface area contributed by atoms with Gasteiger partial charge in [0.1, 0.15) is 5.82 Å². The first-order valence-electron chi connectivity index (χ1n) is 8.16. The maximum atomic E-state index is 13.8. The number of rotatable bonds is 5. The molecule has 0 spiro atoms. The van der Waals surface area contributed by atoms with E-state index >= 15 is 0 Å². The summed E-state index contributed by atoms with van der Waals surface area (Å²) in [6, 6.07) is 12.2. The molecule has 26 heavy (non-hydrogen) atoms. The number of carbonyl (C=O) groups is 1. The molecule has 3 aromatic rings. The van der Waals surface area contributed by atoms with Crippen molar-refractivity contribution in [2.75, 3.05) is 5.32 Å². The molecule has 0 bridgehead atoms. The first-order valence-corrected chi connectivity index (χ1v) is 9.04. The maximum absolute atomic E-state index is 13.8. The van der Waals surface area contributed by atoms with Gasteiger partial charge in [-0.3, -0.25) is 9.89 Å². The molecular weight excluding hydrogens is 351 g/mol. The van der Waals surface area contributed by atoms with Crippen molar-refractivity contribution in [1.29, 1.82) is 0 Å². The molecule has 2 N–H and O–H groups in total. The molecule has 0 unspecified atom stereocenters. The summed E-state index contributed by atoms with van der Waals surface area (Å²) in [6.45, 7) is 5.69. The highest BCUT2D eigenvalue weighted by Crippen LogP contribution is 2.26. The Morgan fingerprint density at radius 3 is 2.54 bits per heavy atom. The molecule has 1 atom stereocenters. The topological polar surface area (TPSA) is 70.7 Å². The number of nitrogens with one attached hydrogen (secondary N) is 2. The minimum Gasteiger partial charge on any atom is -0.325 e. The highest BCUT2D eigenvalue weighted by atomic mass is 32.2. The average molecular weight is 370 g/mol. The molecule has 0 aliphatic heterocycles. The second-order valence-corrected chi connectivity index (χ2v) is 7.27. The molecule has 7 heteroatoms. The fourth-order valence-electron chi connectivity index (χ4n) is 2.52. The van der Waals surface area contributed by atoms with E-state index in [0.717, 1.165) is 16.8 Å². The Kier molecular flexibility index (Phi) is 5.37. The number of anilines is 1. The van der Waals surface area contributed by atoms with E-state index < -0.39 is 5.25 Å². The summed E-state index contributed by atoms with van der Waals surface area (Å²) >= 11 is 1.22. The van der Waals surface area contributed by atoms with Crippen LogP contribution in [0.25, 0.3) is 11.4 Å². The number of aromatic nitrogens is 3. The second-order valence-electron chi connectivity index (χ2n) is 5.96. The van der Waals surface area contributed by atoms with Crippen molar-refractivity contribution in [3.63, 3.8) is 0 Å². The van der Waals surface area contributed by atoms with Gasteiger partial charge in [-0.2, -0.15) is 0 Å². The normalized spacial score (nSPS) is 12.0. The van der Waals surface area contributed by atoms with Gasteiger partial charge in [-0.05, 0) is 44.0 Å². The highest BCUT2D eigenvalue weighted by Gasteiger charge is 2.19. The van der Waals surface area contributed by atoms with Crippen LogP contribution in [0.3, 0.4) is 0 Å². The molecule has 1 heterocycles. The first kappa shape index (κ1) is 18.1. The van der Waals surface area contributed by atoms with E-state index in [-0.39, 0.29) is 11.7 Å². The van der Waals surface area contributed by atoms with Gasteiger partial charge in [0.25, 0.3) is 0 Å². The number of benzene rings is 2. The van der Waals surface area contributed by atoms with Crippen LogP contribution in [0.15, 0.2) is 47.6 Å².